The SMILES string of the molecule is Cc1cccc(NC(=O)[C@@H](C)Sc2nnc(Cc3cccs3)n2C2CC2)c1. The molecule has 0 spiro atoms. The zero-order chi connectivity index (χ0) is 18.8. The van der Waals surface area contributed by atoms with E-state index in [1.165, 1.54) is 16.6 Å². The van der Waals surface area contributed by atoms with Crippen molar-refractivity contribution in [3.05, 3.63) is 58.0 Å². The van der Waals surface area contributed by atoms with Gasteiger partial charge in [0.1, 0.15) is 5.82 Å². The number of nitrogens with zero attached hydrogens (tertiary/aromatic N) is 3. The van der Waals surface area contributed by atoms with Gasteiger partial charge in [-0.05, 0) is 55.8 Å². The largest absolute Gasteiger partial charge is 0.325 e. The molecule has 140 valence electrons. The predicted molar refractivity (Wildman–Crippen MR) is 111 cm³/mol. The maximum absolute atomic E-state index is 12.6. The van der Waals surface area contributed by atoms with Crippen molar-refractivity contribution in [1.29, 1.82) is 0 Å². The van der Waals surface area contributed by atoms with E-state index < -0.39 is 0 Å². The summed E-state index contributed by atoms with van der Waals surface area (Å²) in [6, 6.07) is 12.5. The number of benzene rings is 1. The molecule has 0 saturated heterocycles. The zero-order valence-electron chi connectivity index (χ0n) is 15.4. The minimum Gasteiger partial charge on any atom is -0.325 e. The summed E-state index contributed by atoms with van der Waals surface area (Å²) >= 11 is 3.22. The second-order valence-corrected chi connectivity index (χ2v) is 9.22. The molecular weight excluding hydrogens is 376 g/mol. The molecule has 1 aliphatic carbocycles. The number of rotatable bonds is 7. The Morgan fingerprint density at radius 2 is 2.19 bits per heavy atom. The second-order valence-electron chi connectivity index (χ2n) is 6.87. The molecule has 1 N–H and O–H groups in total. The van der Waals surface area contributed by atoms with Crippen LogP contribution in [0.15, 0.2) is 46.9 Å². The zero-order valence-corrected chi connectivity index (χ0v) is 17.0. The van der Waals surface area contributed by atoms with E-state index in [1.807, 2.05) is 38.1 Å². The fourth-order valence-corrected chi connectivity index (χ4v) is 4.59. The second kappa shape index (κ2) is 7.86. The van der Waals surface area contributed by atoms with Gasteiger partial charge in [-0.25, -0.2) is 0 Å². The number of hydrogen-bond donors (Lipinski definition) is 1. The first kappa shape index (κ1) is 18.3. The maximum Gasteiger partial charge on any atom is 0.237 e. The molecule has 0 bridgehead atoms. The van der Waals surface area contributed by atoms with Crippen LogP contribution < -0.4 is 5.32 Å². The lowest BCUT2D eigenvalue weighted by atomic mass is 10.2. The molecule has 7 heteroatoms. The van der Waals surface area contributed by atoms with E-state index >= 15 is 0 Å². The molecule has 3 aromatic rings. The van der Waals surface area contributed by atoms with Gasteiger partial charge in [-0.2, -0.15) is 0 Å². The molecule has 0 radical (unpaired) electrons. The summed E-state index contributed by atoms with van der Waals surface area (Å²) in [5.74, 6) is 0.976. The van der Waals surface area contributed by atoms with Crippen LogP contribution in [-0.2, 0) is 11.2 Å². The smallest absolute Gasteiger partial charge is 0.237 e. The van der Waals surface area contributed by atoms with Crippen molar-refractivity contribution in [2.45, 2.75) is 49.6 Å². The van der Waals surface area contributed by atoms with E-state index in [0.29, 0.717) is 6.04 Å². The molecule has 2 heterocycles. The molecule has 0 aliphatic heterocycles. The molecular formula is C20H22N4OS2. The van der Waals surface area contributed by atoms with Crippen molar-refractivity contribution in [3.8, 4) is 0 Å². The molecule has 1 amide bonds. The number of aromatic nitrogens is 3. The average Bonchev–Trinajstić information content (AvgIpc) is 3.19. The number of hydrogen-bond acceptors (Lipinski definition) is 5. The Bertz CT molecular complexity index is 931. The highest BCUT2D eigenvalue weighted by Crippen LogP contribution is 2.40. The fraction of sp³-hybridized carbons (Fsp3) is 0.350. The molecule has 0 unspecified atom stereocenters. The van der Waals surface area contributed by atoms with E-state index in [1.54, 1.807) is 11.3 Å². The average molecular weight is 399 g/mol. The van der Waals surface area contributed by atoms with E-state index in [0.717, 1.165) is 41.5 Å². The monoisotopic (exact) mass is 398 g/mol. The minimum absolute atomic E-state index is 0.0178. The Labute approximate surface area is 167 Å². The Hall–Kier alpha value is -2.12. The maximum atomic E-state index is 12.6. The number of carbonyl (C=O) groups excluding carboxylic acids is 1. The van der Waals surface area contributed by atoms with Crippen LogP contribution in [0.3, 0.4) is 0 Å². The van der Waals surface area contributed by atoms with Crippen molar-refractivity contribution in [2.75, 3.05) is 5.32 Å². The standard InChI is InChI=1S/C20H22N4OS2/c1-13-5-3-6-15(11-13)21-19(25)14(2)27-20-23-22-18(24(20)16-8-9-16)12-17-7-4-10-26-17/h3-7,10-11,14,16H,8-9,12H2,1-2H3,(H,21,25)/t14-/m1/s1. The molecule has 5 nitrogen and oxygen atoms in total. The summed E-state index contributed by atoms with van der Waals surface area (Å²) < 4.78 is 2.24. The van der Waals surface area contributed by atoms with Gasteiger partial charge in [0.25, 0.3) is 0 Å². The third kappa shape index (κ3) is 4.42. The summed E-state index contributed by atoms with van der Waals surface area (Å²) in [6.07, 6.45) is 3.12. The van der Waals surface area contributed by atoms with Crippen LogP contribution in [0.2, 0.25) is 0 Å². The third-order valence-electron chi connectivity index (χ3n) is 4.50. The van der Waals surface area contributed by atoms with Gasteiger partial charge in [-0.15, -0.1) is 21.5 Å². The van der Waals surface area contributed by atoms with Gasteiger partial charge < -0.3 is 9.88 Å². The van der Waals surface area contributed by atoms with Crippen LogP contribution >= 0.6 is 23.1 Å². The lowest BCUT2D eigenvalue weighted by Crippen LogP contribution is -2.23. The van der Waals surface area contributed by atoms with Crippen LogP contribution in [0.5, 0.6) is 0 Å². The summed E-state index contributed by atoms with van der Waals surface area (Å²) in [4.78, 5) is 13.9. The van der Waals surface area contributed by atoms with Gasteiger partial charge in [0.2, 0.25) is 5.91 Å². The summed E-state index contributed by atoms with van der Waals surface area (Å²) in [7, 11) is 0. The van der Waals surface area contributed by atoms with E-state index in [9.17, 15) is 4.79 Å². The van der Waals surface area contributed by atoms with Crippen molar-refractivity contribution < 1.29 is 4.79 Å². The number of anilines is 1. The Balaban J connectivity index is 1.46. The predicted octanol–water partition coefficient (Wildman–Crippen LogP) is 4.69. The van der Waals surface area contributed by atoms with Crippen molar-refractivity contribution in [1.82, 2.24) is 14.8 Å². The van der Waals surface area contributed by atoms with Gasteiger partial charge in [0.15, 0.2) is 5.16 Å². The Morgan fingerprint density at radius 1 is 1.33 bits per heavy atom. The highest BCUT2D eigenvalue weighted by molar-refractivity contribution is 8.00. The molecule has 1 fully saturated rings. The van der Waals surface area contributed by atoms with Gasteiger partial charge in [0.05, 0.1) is 5.25 Å². The molecule has 27 heavy (non-hydrogen) atoms. The van der Waals surface area contributed by atoms with Gasteiger partial charge >= 0.3 is 0 Å². The van der Waals surface area contributed by atoms with Crippen LogP contribution in [-0.4, -0.2) is 25.9 Å². The molecule has 4 rings (SSSR count). The van der Waals surface area contributed by atoms with E-state index in [4.69, 9.17) is 0 Å². The molecule has 2 aromatic heterocycles. The molecule has 1 saturated carbocycles. The molecule has 1 atom stereocenters. The van der Waals surface area contributed by atoms with Crippen molar-refractivity contribution >= 4 is 34.7 Å². The highest BCUT2D eigenvalue weighted by atomic mass is 32.2. The first-order valence-corrected chi connectivity index (χ1v) is 10.9. The van der Waals surface area contributed by atoms with Crippen LogP contribution in [0.1, 0.15) is 42.1 Å². The highest BCUT2D eigenvalue weighted by Gasteiger charge is 2.31. The number of carbonyl (C=O) groups is 1. The van der Waals surface area contributed by atoms with E-state index in [-0.39, 0.29) is 11.2 Å². The van der Waals surface area contributed by atoms with Crippen molar-refractivity contribution in [3.63, 3.8) is 0 Å². The van der Waals surface area contributed by atoms with Crippen molar-refractivity contribution in [2.24, 2.45) is 0 Å². The number of nitrogens with one attached hydrogen (secondary N) is 1. The molecule has 1 aliphatic rings. The first-order valence-electron chi connectivity index (χ1n) is 9.10. The number of aryl methyl sites for hydroxylation is 1. The normalized spacial score (nSPS) is 14.9. The summed E-state index contributed by atoms with van der Waals surface area (Å²) in [6.45, 7) is 3.93. The Morgan fingerprint density at radius 3 is 2.89 bits per heavy atom. The van der Waals surface area contributed by atoms with Crippen LogP contribution in [0.4, 0.5) is 5.69 Å². The van der Waals surface area contributed by atoms with Crippen LogP contribution in [0.25, 0.3) is 0 Å². The van der Waals surface area contributed by atoms with Gasteiger partial charge in [-0.3, -0.25) is 4.79 Å². The summed E-state index contributed by atoms with van der Waals surface area (Å²) in [5, 5.41) is 14.5. The van der Waals surface area contributed by atoms with Gasteiger partial charge in [-0.1, -0.05) is 30.0 Å². The fourth-order valence-electron chi connectivity index (χ4n) is 2.96. The van der Waals surface area contributed by atoms with E-state index in [2.05, 4.69) is 37.6 Å². The molecule has 1 aromatic carbocycles. The lowest BCUT2D eigenvalue weighted by Gasteiger charge is -2.13. The van der Waals surface area contributed by atoms with Gasteiger partial charge in [0, 0.05) is 23.0 Å². The van der Waals surface area contributed by atoms with Crippen LogP contribution in [0, 0.1) is 6.92 Å². The minimum atomic E-state index is -0.248. The number of thiophene rings is 1. The summed E-state index contributed by atoms with van der Waals surface area (Å²) in [5.41, 5.74) is 1.95. The first-order chi connectivity index (χ1) is 13.1. The quantitative estimate of drug-likeness (QED) is 0.587. The number of thioether (sulfide) groups is 1. The third-order valence-corrected chi connectivity index (χ3v) is 6.43. The topological polar surface area (TPSA) is 59.8 Å². The number of amides is 1. The Kier molecular flexibility index (Phi) is 5.31. The lowest BCUT2D eigenvalue weighted by molar-refractivity contribution is -0.115.